The van der Waals surface area contributed by atoms with E-state index in [2.05, 4.69) is 21.2 Å². The van der Waals surface area contributed by atoms with E-state index < -0.39 is 5.91 Å². The number of rotatable bonds is 6. The molecule has 3 aromatic carbocycles. The van der Waals surface area contributed by atoms with Gasteiger partial charge >= 0.3 is 6.03 Å². The number of benzene rings is 3. The van der Waals surface area contributed by atoms with Crippen molar-refractivity contribution in [3.8, 4) is 11.5 Å². The van der Waals surface area contributed by atoms with E-state index in [1.807, 2.05) is 18.2 Å². The molecule has 8 nitrogen and oxygen atoms in total. The lowest BCUT2D eigenvalue weighted by Gasteiger charge is -2.08. The summed E-state index contributed by atoms with van der Waals surface area (Å²) < 4.78 is 4.97. The van der Waals surface area contributed by atoms with Crippen LogP contribution in [0.4, 0.5) is 16.2 Å². The van der Waals surface area contributed by atoms with Crippen molar-refractivity contribution in [3.63, 3.8) is 0 Å². The molecule has 0 aromatic heterocycles. The van der Waals surface area contributed by atoms with Crippen LogP contribution < -0.4 is 20.8 Å². The molecule has 152 valence electrons. The Hall–Kier alpha value is -4.33. The minimum absolute atomic E-state index is 0.0211. The number of nitrogens with one attached hydrogen (secondary N) is 3. The lowest BCUT2D eigenvalue weighted by molar-refractivity contribution is 0.0955. The molecular formula is C22H20N4O4. The van der Waals surface area contributed by atoms with Crippen molar-refractivity contribution in [2.45, 2.75) is 0 Å². The summed E-state index contributed by atoms with van der Waals surface area (Å²) in [6, 6.07) is 19.8. The SMILES string of the molecule is COc1ccc(/C=N\NC(=O)c2ccc(NC(=O)Nc3ccccc3)cc2)cc1O. The highest BCUT2D eigenvalue weighted by Gasteiger charge is 2.06. The smallest absolute Gasteiger partial charge is 0.323 e. The van der Waals surface area contributed by atoms with E-state index >= 15 is 0 Å². The molecule has 0 spiro atoms. The molecule has 4 N–H and O–H groups in total. The first kappa shape index (κ1) is 20.4. The van der Waals surface area contributed by atoms with E-state index in [-0.39, 0.29) is 11.8 Å². The second-order valence-corrected chi connectivity index (χ2v) is 6.15. The summed E-state index contributed by atoms with van der Waals surface area (Å²) >= 11 is 0. The Morgan fingerprint density at radius 1 is 0.933 bits per heavy atom. The molecule has 3 amide bonds. The van der Waals surface area contributed by atoms with Gasteiger partial charge in [0.1, 0.15) is 0 Å². The van der Waals surface area contributed by atoms with Crippen LogP contribution in [-0.4, -0.2) is 30.4 Å². The molecule has 0 aliphatic carbocycles. The van der Waals surface area contributed by atoms with Crippen LogP contribution in [0, 0.1) is 0 Å². The molecule has 3 rings (SSSR count). The standard InChI is InChI=1S/C22H20N4O4/c1-30-20-12-7-15(13-19(20)27)14-23-26-21(28)16-8-10-18(11-9-16)25-22(29)24-17-5-3-2-4-6-17/h2-14,27H,1H3,(H,26,28)(H2,24,25,29)/b23-14-. The number of hydrogen-bond donors (Lipinski definition) is 4. The number of amides is 3. The van der Waals surface area contributed by atoms with E-state index in [4.69, 9.17) is 4.74 Å². The minimum atomic E-state index is -0.413. The number of phenols is 1. The number of aromatic hydroxyl groups is 1. The van der Waals surface area contributed by atoms with Gasteiger partial charge in [0.05, 0.1) is 13.3 Å². The number of hydrazone groups is 1. The van der Waals surface area contributed by atoms with Gasteiger partial charge < -0.3 is 20.5 Å². The van der Waals surface area contributed by atoms with Crippen LogP contribution in [0.5, 0.6) is 11.5 Å². The number of methoxy groups -OCH3 is 1. The van der Waals surface area contributed by atoms with E-state index in [0.29, 0.717) is 28.3 Å². The van der Waals surface area contributed by atoms with Gasteiger partial charge in [-0.15, -0.1) is 0 Å². The number of phenolic OH excluding ortho intramolecular Hbond substituents is 1. The summed E-state index contributed by atoms with van der Waals surface area (Å²) in [6.07, 6.45) is 1.40. The van der Waals surface area contributed by atoms with Crippen molar-refractivity contribution in [1.29, 1.82) is 0 Å². The van der Waals surface area contributed by atoms with E-state index in [1.54, 1.807) is 48.5 Å². The summed E-state index contributed by atoms with van der Waals surface area (Å²) in [4.78, 5) is 24.2. The Balaban J connectivity index is 1.53. The molecule has 0 heterocycles. The van der Waals surface area contributed by atoms with E-state index in [0.717, 1.165) is 0 Å². The molecule has 0 saturated heterocycles. The number of carbonyl (C=O) groups is 2. The molecule has 0 saturated carbocycles. The Morgan fingerprint density at radius 2 is 1.60 bits per heavy atom. The Kier molecular flexibility index (Phi) is 6.63. The summed E-state index contributed by atoms with van der Waals surface area (Å²) in [6.45, 7) is 0. The summed E-state index contributed by atoms with van der Waals surface area (Å²) in [5, 5.41) is 19.0. The maximum absolute atomic E-state index is 12.2. The average molecular weight is 404 g/mol. The van der Waals surface area contributed by atoms with Crippen LogP contribution in [0.3, 0.4) is 0 Å². The van der Waals surface area contributed by atoms with Crippen molar-refractivity contribution >= 4 is 29.5 Å². The third kappa shape index (κ3) is 5.59. The van der Waals surface area contributed by atoms with Crippen LogP contribution in [0.25, 0.3) is 0 Å². The number of carbonyl (C=O) groups excluding carboxylic acids is 2. The molecule has 3 aromatic rings. The molecule has 0 aliphatic rings. The number of para-hydroxylation sites is 1. The molecular weight excluding hydrogens is 384 g/mol. The van der Waals surface area contributed by atoms with Crippen molar-refractivity contribution in [3.05, 3.63) is 83.9 Å². The Morgan fingerprint density at radius 3 is 2.23 bits per heavy atom. The van der Waals surface area contributed by atoms with Gasteiger partial charge in [-0.2, -0.15) is 5.10 Å². The number of ether oxygens (including phenoxy) is 1. The fourth-order valence-electron chi connectivity index (χ4n) is 2.54. The van der Waals surface area contributed by atoms with Gasteiger partial charge in [0, 0.05) is 16.9 Å². The first-order valence-corrected chi connectivity index (χ1v) is 8.98. The van der Waals surface area contributed by atoms with Crippen LogP contribution in [0.15, 0.2) is 77.9 Å². The van der Waals surface area contributed by atoms with Gasteiger partial charge in [0.2, 0.25) is 0 Å². The van der Waals surface area contributed by atoms with Gasteiger partial charge in [0.15, 0.2) is 11.5 Å². The quantitative estimate of drug-likeness (QED) is 0.370. The Bertz CT molecular complexity index is 1050. The predicted molar refractivity (Wildman–Crippen MR) is 115 cm³/mol. The van der Waals surface area contributed by atoms with Crippen molar-refractivity contribution in [2.24, 2.45) is 5.10 Å². The fraction of sp³-hybridized carbons (Fsp3) is 0.0455. The normalized spacial score (nSPS) is 10.4. The maximum atomic E-state index is 12.2. The van der Waals surface area contributed by atoms with Gasteiger partial charge in [-0.3, -0.25) is 4.79 Å². The predicted octanol–water partition coefficient (Wildman–Crippen LogP) is 3.81. The maximum Gasteiger partial charge on any atom is 0.323 e. The number of anilines is 2. The van der Waals surface area contributed by atoms with Crippen molar-refractivity contribution in [1.82, 2.24) is 5.43 Å². The third-order valence-electron chi connectivity index (χ3n) is 4.02. The highest BCUT2D eigenvalue weighted by atomic mass is 16.5. The molecule has 8 heteroatoms. The topological polar surface area (TPSA) is 112 Å². The van der Waals surface area contributed by atoms with Crippen LogP contribution in [0.2, 0.25) is 0 Å². The third-order valence-corrected chi connectivity index (χ3v) is 4.02. The molecule has 0 unspecified atom stereocenters. The summed E-state index contributed by atoms with van der Waals surface area (Å²) in [5.74, 6) is -0.0845. The highest BCUT2D eigenvalue weighted by Crippen LogP contribution is 2.25. The lowest BCUT2D eigenvalue weighted by atomic mass is 10.2. The molecule has 0 fully saturated rings. The zero-order chi connectivity index (χ0) is 21.3. The van der Waals surface area contributed by atoms with E-state index in [9.17, 15) is 14.7 Å². The second-order valence-electron chi connectivity index (χ2n) is 6.15. The van der Waals surface area contributed by atoms with Crippen molar-refractivity contribution in [2.75, 3.05) is 17.7 Å². The molecule has 0 bridgehead atoms. The van der Waals surface area contributed by atoms with Crippen LogP contribution >= 0.6 is 0 Å². The zero-order valence-corrected chi connectivity index (χ0v) is 16.1. The monoisotopic (exact) mass is 404 g/mol. The number of hydrogen-bond acceptors (Lipinski definition) is 5. The molecule has 30 heavy (non-hydrogen) atoms. The number of nitrogens with zero attached hydrogens (tertiary/aromatic N) is 1. The largest absolute Gasteiger partial charge is 0.504 e. The van der Waals surface area contributed by atoms with Gasteiger partial charge in [-0.1, -0.05) is 18.2 Å². The minimum Gasteiger partial charge on any atom is -0.504 e. The number of urea groups is 1. The van der Waals surface area contributed by atoms with E-state index in [1.165, 1.54) is 19.4 Å². The zero-order valence-electron chi connectivity index (χ0n) is 16.1. The van der Waals surface area contributed by atoms with Gasteiger partial charge in [-0.25, -0.2) is 10.2 Å². The molecule has 0 atom stereocenters. The van der Waals surface area contributed by atoms with Gasteiger partial charge in [-0.05, 0) is 60.2 Å². The van der Waals surface area contributed by atoms with Gasteiger partial charge in [0.25, 0.3) is 5.91 Å². The summed E-state index contributed by atoms with van der Waals surface area (Å²) in [7, 11) is 1.46. The first-order valence-electron chi connectivity index (χ1n) is 8.98. The van der Waals surface area contributed by atoms with Crippen LogP contribution in [0.1, 0.15) is 15.9 Å². The molecule has 0 aliphatic heterocycles. The lowest BCUT2D eigenvalue weighted by Crippen LogP contribution is -2.20. The fourth-order valence-corrected chi connectivity index (χ4v) is 2.54. The molecule has 0 radical (unpaired) electrons. The van der Waals surface area contributed by atoms with Crippen molar-refractivity contribution < 1.29 is 19.4 Å². The highest BCUT2D eigenvalue weighted by molar-refractivity contribution is 6.00. The van der Waals surface area contributed by atoms with Crippen LogP contribution in [-0.2, 0) is 0 Å². The summed E-state index contributed by atoms with van der Waals surface area (Å²) in [5.41, 5.74) is 4.59. The average Bonchev–Trinajstić information content (AvgIpc) is 2.75. The Labute approximate surface area is 173 Å². The first-order chi connectivity index (χ1) is 14.5. The second kappa shape index (κ2) is 9.74.